The van der Waals surface area contributed by atoms with Crippen molar-refractivity contribution in [3.8, 4) is 0 Å². The summed E-state index contributed by atoms with van der Waals surface area (Å²) in [4.78, 5) is 10.9. The molecule has 3 nitrogen and oxygen atoms in total. The van der Waals surface area contributed by atoms with Crippen molar-refractivity contribution < 1.29 is 0 Å². The van der Waals surface area contributed by atoms with Crippen molar-refractivity contribution in [2.45, 2.75) is 20.8 Å². The predicted molar refractivity (Wildman–Crippen MR) is 60.1 cm³/mol. The van der Waals surface area contributed by atoms with Crippen LogP contribution in [0.2, 0.25) is 0 Å². The molecule has 0 saturated heterocycles. The van der Waals surface area contributed by atoms with Gasteiger partial charge in [0.1, 0.15) is 5.82 Å². The molecule has 78 valence electrons. The number of aromatic nitrogens is 2. The van der Waals surface area contributed by atoms with Crippen LogP contribution in [0.1, 0.15) is 18.3 Å². The summed E-state index contributed by atoms with van der Waals surface area (Å²) in [5.41, 5.74) is 1.96. The van der Waals surface area contributed by atoms with Gasteiger partial charge in [0, 0.05) is 19.0 Å². The maximum absolute atomic E-state index is 5.71. The Morgan fingerprint density at radius 1 is 1.36 bits per heavy atom. The number of nitrogens with zero attached hydrogens (tertiary/aromatic N) is 3. The highest BCUT2D eigenvalue weighted by Crippen LogP contribution is 2.11. The Morgan fingerprint density at radius 2 is 2.07 bits per heavy atom. The molecule has 1 heterocycles. The molecule has 0 aliphatic heterocycles. The number of anilines is 1. The number of rotatable bonds is 4. The third-order valence-electron chi connectivity index (χ3n) is 2.24. The van der Waals surface area contributed by atoms with Gasteiger partial charge in [0.15, 0.2) is 0 Å². The van der Waals surface area contributed by atoms with E-state index in [4.69, 9.17) is 11.6 Å². The Kier molecular flexibility index (Phi) is 4.14. The summed E-state index contributed by atoms with van der Waals surface area (Å²) in [5, 5.41) is 0. The van der Waals surface area contributed by atoms with Crippen molar-refractivity contribution in [1.82, 2.24) is 9.97 Å². The fourth-order valence-corrected chi connectivity index (χ4v) is 1.42. The van der Waals surface area contributed by atoms with Gasteiger partial charge in [0.25, 0.3) is 0 Å². The minimum Gasteiger partial charge on any atom is -0.354 e. The fourth-order valence-electron chi connectivity index (χ4n) is 1.22. The Hall–Kier alpha value is -0.830. The zero-order valence-corrected chi connectivity index (χ0v) is 9.67. The lowest BCUT2D eigenvalue weighted by molar-refractivity contribution is 0.834. The average molecular weight is 214 g/mol. The lowest BCUT2D eigenvalue weighted by atomic mass is 10.3. The van der Waals surface area contributed by atoms with Crippen LogP contribution >= 0.6 is 11.6 Å². The first-order valence-corrected chi connectivity index (χ1v) is 5.33. The van der Waals surface area contributed by atoms with Gasteiger partial charge in [-0.1, -0.05) is 0 Å². The van der Waals surface area contributed by atoms with Gasteiger partial charge in [-0.05, 0) is 20.8 Å². The van der Waals surface area contributed by atoms with Crippen LogP contribution in [0, 0.1) is 13.8 Å². The SMILES string of the molecule is CCN(CCCl)c1cnc(C)c(C)n1. The largest absolute Gasteiger partial charge is 0.354 e. The molecule has 0 unspecified atom stereocenters. The standard InChI is InChI=1S/C10H16ClN3/c1-4-14(6-5-11)10-7-12-8(2)9(3)13-10/h7H,4-6H2,1-3H3. The molecule has 0 aliphatic carbocycles. The Balaban J connectivity index is 2.88. The van der Waals surface area contributed by atoms with Crippen LogP contribution in [0.25, 0.3) is 0 Å². The van der Waals surface area contributed by atoms with E-state index in [9.17, 15) is 0 Å². The predicted octanol–water partition coefficient (Wildman–Crippen LogP) is 2.16. The molecule has 1 aromatic rings. The molecule has 0 N–H and O–H groups in total. The van der Waals surface area contributed by atoms with Gasteiger partial charge < -0.3 is 4.90 Å². The van der Waals surface area contributed by atoms with Gasteiger partial charge in [-0.25, -0.2) is 4.98 Å². The van der Waals surface area contributed by atoms with Gasteiger partial charge in [-0.15, -0.1) is 11.6 Å². The quantitative estimate of drug-likeness (QED) is 0.718. The highest BCUT2D eigenvalue weighted by Gasteiger charge is 2.06. The number of alkyl halides is 1. The van der Waals surface area contributed by atoms with Crippen molar-refractivity contribution >= 4 is 17.4 Å². The minimum atomic E-state index is 0.614. The van der Waals surface area contributed by atoms with Crippen LogP contribution < -0.4 is 4.90 Å². The van der Waals surface area contributed by atoms with Crippen molar-refractivity contribution in [2.75, 3.05) is 23.9 Å². The van der Waals surface area contributed by atoms with E-state index in [0.29, 0.717) is 5.88 Å². The zero-order valence-electron chi connectivity index (χ0n) is 8.92. The summed E-state index contributed by atoms with van der Waals surface area (Å²) in [7, 11) is 0. The fraction of sp³-hybridized carbons (Fsp3) is 0.600. The lowest BCUT2D eigenvalue weighted by Gasteiger charge is -2.20. The Bertz CT molecular complexity index is 301. The van der Waals surface area contributed by atoms with E-state index in [2.05, 4.69) is 21.8 Å². The lowest BCUT2D eigenvalue weighted by Crippen LogP contribution is -2.26. The molecule has 0 atom stereocenters. The highest BCUT2D eigenvalue weighted by atomic mass is 35.5. The number of halogens is 1. The monoisotopic (exact) mass is 213 g/mol. The number of hydrogen-bond acceptors (Lipinski definition) is 3. The molecule has 4 heteroatoms. The van der Waals surface area contributed by atoms with Crippen molar-refractivity contribution in [3.05, 3.63) is 17.6 Å². The first-order valence-electron chi connectivity index (χ1n) is 4.80. The minimum absolute atomic E-state index is 0.614. The molecule has 0 amide bonds. The molecule has 14 heavy (non-hydrogen) atoms. The van der Waals surface area contributed by atoms with E-state index < -0.39 is 0 Å². The van der Waals surface area contributed by atoms with Gasteiger partial charge in [0.2, 0.25) is 0 Å². The van der Waals surface area contributed by atoms with Crippen molar-refractivity contribution in [2.24, 2.45) is 0 Å². The van der Waals surface area contributed by atoms with Crippen LogP contribution in [-0.2, 0) is 0 Å². The van der Waals surface area contributed by atoms with Gasteiger partial charge >= 0.3 is 0 Å². The van der Waals surface area contributed by atoms with Crippen LogP contribution in [-0.4, -0.2) is 28.9 Å². The summed E-state index contributed by atoms with van der Waals surface area (Å²) < 4.78 is 0. The van der Waals surface area contributed by atoms with Gasteiger partial charge in [0.05, 0.1) is 17.6 Å². The van der Waals surface area contributed by atoms with E-state index in [0.717, 1.165) is 30.3 Å². The second-order valence-electron chi connectivity index (χ2n) is 3.17. The summed E-state index contributed by atoms with van der Waals surface area (Å²) in [5.74, 6) is 1.53. The maximum atomic E-state index is 5.71. The van der Waals surface area contributed by atoms with E-state index in [-0.39, 0.29) is 0 Å². The van der Waals surface area contributed by atoms with Crippen LogP contribution in [0.15, 0.2) is 6.20 Å². The maximum Gasteiger partial charge on any atom is 0.147 e. The topological polar surface area (TPSA) is 29.0 Å². The normalized spacial score (nSPS) is 10.3. The van der Waals surface area contributed by atoms with Crippen LogP contribution in [0.4, 0.5) is 5.82 Å². The molecular weight excluding hydrogens is 198 g/mol. The molecule has 1 rings (SSSR count). The van der Waals surface area contributed by atoms with E-state index >= 15 is 0 Å². The second kappa shape index (κ2) is 5.15. The third kappa shape index (κ3) is 2.58. The molecule has 0 fully saturated rings. The zero-order chi connectivity index (χ0) is 10.6. The van der Waals surface area contributed by atoms with Gasteiger partial charge in [-0.3, -0.25) is 4.98 Å². The summed E-state index contributed by atoms with van der Waals surface area (Å²) >= 11 is 5.71. The van der Waals surface area contributed by atoms with E-state index in [1.54, 1.807) is 6.20 Å². The van der Waals surface area contributed by atoms with E-state index in [1.165, 1.54) is 0 Å². The number of aryl methyl sites for hydroxylation is 2. The molecule has 0 aliphatic rings. The molecule has 0 bridgehead atoms. The molecule has 0 saturated carbocycles. The van der Waals surface area contributed by atoms with Crippen LogP contribution in [0.5, 0.6) is 0 Å². The Morgan fingerprint density at radius 3 is 2.57 bits per heavy atom. The highest BCUT2D eigenvalue weighted by molar-refractivity contribution is 6.18. The van der Waals surface area contributed by atoms with Crippen LogP contribution in [0.3, 0.4) is 0 Å². The molecule has 0 aromatic carbocycles. The smallest absolute Gasteiger partial charge is 0.147 e. The first-order chi connectivity index (χ1) is 6.69. The second-order valence-corrected chi connectivity index (χ2v) is 3.55. The van der Waals surface area contributed by atoms with Crippen molar-refractivity contribution in [3.63, 3.8) is 0 Å². The van der Waals surface area contributed by atoms with Crippen molar-refractivity contribution in [1.29, 1.82) is 0 Å². The summed E-state index contributed by atoms with van der Waals surface area (Å²) in [6.07, 6.45) is 1.80. The Labute approximate surface area is 90.1 Å². The third-order valence-corrected chi connectivity index (χ3v) is 2.41. The average Bonchev–Trinajstić information content (AvgIpc) is 2.19. The molecule has 0 spiro atoms. The van der Waals surface area contributed by atoms with Gasteiger partial charge in [-0.2, -0.15) is 0 Å². The number of hydrogen-bond donors (Lipinski definition) is 0. The first kappa shape index (κ1) is 11.2. The molecule has 0 radical (unpaired) electrons. The summed E-state index contributed by atoms with van der Waals surface area (Å²) in [6, 6.07) is 0. The van der Waals surface area contributed by atoms with E-state index in [1.807, 2.05) is 13.8 Å². The molecular formula is C10H16ClN3. The summed E-state index contributed by atoms with van der Waals surface area (Å²) in [6.45, 7) is 7.74. The molecule has 1 aromatic heterocycles.